The van der Waals surface area contributed by atoms with Gasteiger partial charge in [0.15, 0.2) is 0 Å². The number of benzene rings is 2. The van der Waals surface area contributed by atoms with Crippen LogP contribution in [-0.2, 0) is 17.9 Å². The van der Waals surface area contributed by atoms with Gasteiger partial charge < -0.3 is 4.57 Å². The molecule has 154 valence electrons. The summed E-state index contributed by atoms with van der Waals surface area (Å²) in [5.41, 5.74) is 2.73. The number of imide groups is 1. The van der Waals surface area contributed by atoms with E-state index in [2.05, 4.69) is 30.7 Å². The lowest BCUT2D eigenvalue weighted by molar-refractivity contribution is -0.123. The van der Waals surface area contributed by atoms with E-state index in [-0.39, 0.29) is 17.7 Å². The Bertz CT molecular complexity index is 1180. The number of amides is 2. The quantitative estimate of drug-likeness (QED) is 0.392. The highest BCUT2D eigenvalue weighted by Gasteiger charge is 2.35. The number of para-hydroxylation sites is 1. The largest absolute Gasteiger partial charge is 0.347 e. The van der Waals surface area contributed by atoms with E-state index in [0.717, 1.165) is 34.8 Å². The molecule has 1 aromatic heterocycles. The van der Waals surface area contributed by atoms with E-state index >= 15 is 0 Å². The summed E-state index contributed by atoms with van der Waals surface area (Å²) in [6.07, 6.45) is 3.86. The van der Waals surface area contributed by atoms with Gasteiger partial charge in [-0.2, -0.15) is 0 Å². The van der Waals surface area contributed by atoms with Crippen LogP contribution < -0.4 is 0 Å². The van der Waals surface area contributed by atoms with Crippen molar-refractivity contribution in [3.05, 3.63) is 74.7 Å². The van der Waals surface area contributed by atoms with Crippen LogP contribution in [-0.4, -0.2) is 20.6 Å². The smallest absolute Gasteiger partial charge is 0.293 e. The molecule has 7 heteroatoms. The molecule has 1 aliphatic heterocycles. The molecule has 1 fully saturated rings. The molecule has 0 unspecified atom stereocenters. The first-order valence-corrected chi connectivity index (χ1v) is 11.2. The van der Waals surface area contributed by atoms with E-state index < -0.39 is 0 Å². The molecule has 0 spiro atoms. The molecule has 3 aromatic rings. The Hall–Kier alpha value is -2.21. The third kappa shape index (κ3) is 4.15. The SMILES string of the molecule is CC(C)Cn1cc(/C=C2\SC(=O)N(Cc3ccc(Cl)cc3Cl)C2=O)c2ccccc21. The molecule has 0 radical (unpaired) electrons. The molecule has 2 amide bonds. The second kappa shape index (κ2) is 8.50. The van der Waals surface area contributed by atoms with Gasteiger partial charge in [-0.25, -0.2) is 0 Å². The monoisotopic (exact) mass is 458 g/mol. The molecule has 2 aromatic carbocycles. The fourth-order valence-corrected chi connectivity index (χ4v) is 4.83. The van der Waals surface area contributed by atoms with Gasteiger partial charge in [0, 0.05) is 39.3 Å². The number of hydrogen-bond donors (Lipinski definition) is 0. The van der Waals surface area contributed by atoms with Gasteiger partial charge in [0.25, 0.3) is 11.1 Å². The Kier molecular flexibility index (Phi) is 5.96. The van der Waals surface area contributed by atoms with Crippen molar-refractivity contribution in [2.45, 2.75) is 26.9 Å². The Morgan fingerprint density at radius 2 is 1.87 bits per heavy atom. The summed E-state index contributed by atoms with van der Waals surface area (Å²) in [5, 5.41) is 1.70. The molecule has 4 rings (SSSR count). The second-order valence-electron chi connectivity index (χ2n) is 7.65. The Balaban J connectivity index is 1.65. The highest BCUT2D eigenvalue weighted by atomic mass is 35.5. The van der Waals surface area contributed by atoms with Crippen molar-refractivity contribution in [3.63, 3.8) is 0 Å². The van der Waals surface area contributed by atoms with Crippen molar-refractivity contribution in [3.8, 4) is 0 Å². The van der Waals surface area contributed by atoms with Crippen molar-refractivity contribution in [2.75, 3.05) is 0 Å². The first-order chi connectivity index (χ1) is 14.3. The van der Waals surface area contributed by atoms with Crippen LogP contribution in [0.15, 0.2) is 53.6 Å². The number of hydrogen-bond acceptors (Lipinski definition) is 3. The van der Waals surface area contributed by atoms with E-state index in [1.54, 1.807) is 18.2 Å². The molecule has 0 bridgehead atoms. The minimum atomic E-state index is -0.309. The van der Waals surface area contributed by atoms with Gasteiger partial charge >= 0.3 is 0 Å². The summed E-state index contributed by atoms with van der Waals surface area (Å²) in [7, 11) is 0. The topological polar surface area (TPSA) is 42.3 Å². The molecule has 1 aliphatic rings. The molecule has 2 heterocycles. The molecule has 30 heavy (non-hydrogen) atoms. The van der Waals surface area contributed by atoms with Gasteiger partial charge in [0.1, 0.15) is 0 Å². The summed E-state index contributed by atoms with van der Waals surface area (Å²) in [4.78, 5) is 27.1. The van der Waals surface area contributed by atoms with Crippen molar-refractivity contribution in [1.29, 1.82) is 0 Å². The predicted molar refractivity (Wildman–Crippen MR) is 125 cm³/mol. The molecule has 4 nitrogen and oxygen atoms in total. The number of rotatable bonds is 5. The normalized spacial score (nSPS) is 15.9. The molecule has 0 aliphatic carbocycles. The van der Waals surface area contributed by atoms with Crippen LogP contribution >= 0.6 is 35.0 Å². The third-order valence-electron chi connectivity index (χ3n) is 4.89. The minimum Gasteiger partial charge on any atom is -0.347 e. The summed E-state index contributed by atoms with van der Waals surface area (Å²) in [6.45, 7) is 5.33. The molecule has 0 atom stereocenters. The maximum absolute atomic E-state index is 13.0. The van der Waals surface area contributed by atoms with E-state index in [0.29, 0.717) is 26.4 Å². The van der Waals surface area contributed by atoms with Crippen LogP contribution in [0.4, 0.5) is 4.79 Å². The third-order valence-corrected chi connectivity index (χ3v) is 6.38. The van der Waals surface area contributed by atoms with Crippen molar-refractivity contribution in [1.82, 2.24) is 9.47 Å². The highest BCUT2D eigenvalue weighted by molar-refractivity contribution is 8.18. The Labute approximate surface area is 189 Å². The number of nitrogens with zero attached hydrogens (tertiary/aromatic N) is 2. The number of carbonyl (C=O) groups is 2. The minimum absolute atomic E-state index is 0.118. The maximum Gasteiger partial charge on any atom is 0.293 e. The molecular formula is C23H20Cl2N2O2S. The zero-order valence-corrected chi connectivity index (χ0v) is 18.9. The van der Waals surface area contributed by atoms with E-state index in [9.17, 15) is 9.59 Å². The van der Waals surface area contributed by atoms with Crippen LogP contribution in [0.25, 0.3) is 17.0 Å². The standard InChI is InChI=1S/C23H20Cl2N2O2S/c1-14(2)11-26-12-16(18-5-3-4-6-20(18)26)9-21-22(28)27(23(29)30-21)13-15-7-8-17(24)10-19(15)25/h3-10,12,14H,11,13H2,1-2H3/b21-9-. The first kappa shape index (κ1) is 21.0. The second-order valence-corrected chi connectivity index (χ2v) is 9.49. The number of carbonyl (C=O) groups excluding carboxylic acids is 2. The van der Waals surface area contributed by atoms with Gasteiger partial charge in [-0.05, 0) is 47.5 Å². The fraction of sp³-hybridized carbons (Fsp3) is 0.217. The van der Waals surface area contributed by atoms with E-state index in [1.807, 2.05) is 24.3 Å². The summed E-state index contributed by atoms with van der Waals surface area (Å²) in [5.74, 6) is 0.182. The predicted octanol–water partition coefficient (Wildman–Crippen LogP) is 6.84. The molecular weight excluding hydrogens is 439 g/mol. The number of fused-ring (bicyclic) bond motifs is 1. The molecule has 0 saturated carbocycles. The Morgan fingerprint density at radius 1 is 1.10 bits per heavy atom. The van der Waals surface area contributed by atoms with Gasteiger partial charge in [0.2, 0.25) is 0 Å². The number of aromatic nitrogens is 1. The van der Waals surface area contributed by atoms with E-state index in [4.69, 9.17) is 23.2 Å². The zero-order valence-electron chi connectivity index (χ0n) is 16.6. The average molecular weight is 459 g/mol. The zero-order chi connectivity index (χ0) is 21.4. The fourth-order valence-electron chi connectivity index (χ4n) is 3.53. The summed E-state index contributed by atoms with van der Waals surface area (Å²) in [6, 6.07) is 13.1. The highest BCUT2D eigenvalue weighted by Crippen LogP contribution is 2.36. The van der Waals surface area contributed by atoms with Crippen LogP contribution in [0.2, 0.25) is 10.0 Å². The van der Waals surface area contributed by atoms with Gasteiger partial charge in [0.05, 0.1) is 11.4 Å². The first-order valence-electron chi connectivity index (χ1n) is 9.60. The van der Waals surface area contributed by atoms with Gasteiger partial charge in [-0.15, -0.1) is 0 Å². The summed E-state index contributed by atoms with van der Waals surface area (Å²) < 4.78 is 2.20. The lowest BCUT2D eigenvalue weighted by Crippen LogP contribution is -2.27. The van der Waals surface area contributed by atoms with Crippen LogP contribution in [0, 0.1) is 5.92 Å². The Morgan fingerprint density at radius 3 is 2.60 bits per heavy atom. The van der Waals surface area contributed by atoms with Crippen molar-refractivity contribution >= 4 is 63.1 Å². The molecule has 0 N–H and O–H groups in total. The maximum atomic E-state index is 13.0. The average Bonchev–Trinajstić information content (AvgIpc) is 3.16. The summed E-state index contributed by atoms with van der Waals surface area (Å²) >= 11 is 13.1. The molecule has 1 saturated heterocycles. The number of thioether (sulfide) groups is 1. The lowest BCUT2D eigenvalue weighted by atomic mass is 10.1. The number of halogens is 2. The van der Waals surface area contributed by atoms with Crippen LogP contribution in [0.5, 0.6) is 0 Å². The van der Waals surface area contributed by atoms with E-state index in [1.165, 1.54) is 4.90 Å². The van der Waals surface area contributed by atoms with Crippen LogP contribution in [0.1, 0.15) is 25.0 Å². The van der Waals surface area contributed by atoms with Crippen molar-refractivity contribution < 1.29 is 9.59 Å². The van der Waals surface area contributed by atoms with Crippen LogP contribution in [0.3, 0.4) is 0 Å². The van der Waals surface area contributed by atoms with Gasteiger partial charge in [-0.1, -0.05) is 61.3 Å². The van der Waals surface area contributed by atoms with Gasteiger partial charge in [-0.3, -0.25) is 14.5 Å². The van der Waals surface area contributed by atoms with Crippen molar-refractivity contribution in [2.24, 2.45) is 5.92 Å². The lowest BCUT2D eigenvalue weighted by Gasteiger charge is -2.13.